The molecule has 0 aromatic heterocycles. The molecule has 0 aromatic rings. The molecule has 8 heteroatoms. The van der Waals surface area contributed by atoms with Crippen LogP contribution in [0.1, 0.15) is 59.3 Å². The van der Waals surface area contributed by atoms with Gasteiger partial charge in [-0.2, -0.15) is 0 Å². The Hall–Kier alpha value is -1.93. The van der Waals surface area contributed by atoms with Crippen molar-refractivity contribution in [2.45, 2.75) is 76.5 Å². The quantitative estimate of drug-likeness (QED) is 0.348. The van der Waals surface area contributed by atoms with Crippen molar-refractivity contribution in [3.05, 3.63) is 12.7 Å². The number of nitrogens with zero attached hydrogens (tertiary/aromatic N) is 2. The Morgan fingerprint density at radius 1 is 1.31 bits per heavy atom. The molecule has 2 bridgehead atoms. The molecule has 3 aliphatic heterocycles. The summed E-state index contributed by atoms with van der Waals surface area (Å²) in [6.45, 7) is 10.8. The normalized spacial score (nSPS) is 35.2. The number of aliphatic hydroxyl groups excluding tert-OH is 1. The molecule has 3 saturated heterocycles. The van der Waals surface area contributed by atoms with Crippen LogP contribution < -0.4 is 0 Å². The fourth-order valence-electron chi connectivity index (χ4n) is 6.20. The van der Waals surface area contributed by atoms with E-state index in [0.29, 0.717) is 38.9 Å². The number of fused-ring (bicyclic) bond motifs is 1. The van der Waals surface area contributed by atoms with Crippen LogP contribution in [0.15, 0.2) is 12.7 Å². The number of carboxylic acid groups (broad SMARTS) is 1. The first-order valence-electron chi connectivity index (χ1n) is 11.9. The van der Waals surface area contributed by atoms with Gasteiger partial charge >= 0.3 is 5.97 Å². The average Bonchev–Trinajstić information content (AvgIpc) is 3.24. The predicted molar refractivity (Wildman–Crippen MR) is 119 cm³/mol. The van der Waals surface area contributed by atoms with Crippen LogP contribution in [0.5, 0.6) is 0 Å². The second-order valence-electron chi connectivity index (χ2n) is 9.78. The van der Waals surface area contributed by atoms with Gasteiger partial charge in [-0.15, -0.1) is 6.58 Å². The van der Waals surface area contributed by atoms with Gasteiger partial charge in [-0.1, -0.05) is 32.8 Å². The summed E-state index contributed by atoms with van der Waals surface area (Å²) in [7, 11) is 0. The summed E-state index contributed by atoms with van der Waals surface area (Å²) in [5, 5.41) is 19.3. The third-order valence-electron chi connectivity index (χ3n) is 7.81. The minimum Gasteiger partial charge on any atom is -0.481 e. The molecular weight excluding hydrogens is 412 g/mol. The molecule has 0 radical (unpaired) electrons. The lowest BCUT2D eigenvalue weighted by molar-refractivity contribution is -0.157. The van der Waals surface area contributed by atoms with Crippen molar-refractivity contribution < 1.29 is 29.3 Å². The van der Waals surface area contributed by atoms with Crippen LogP contribution in [-0.4, -0.2) is 81.3 Å². The van der Waals surface area contributed by atoms with E-state index in [2.05, 4.69) is 13.5 Å². The second-order valence-corrected chi connectivity index (χ2v) is 9.78. The summed E-state index contributed by atoms with van der Waals surface area (Å²) in [5.41, 5.74) is -2.11. The molecule has 180 valence electrons. The molecule has 1 spiro atoms. The van der Waals surface area contributed by atoms with Crippen LogP contribution in [-0.2, 0) is 19.1 Å². The molecule has 3 fully saturated rings. The first-order chi connectivity index (χ1) is 15.2. The number of likely N-dealkylation sites (tertiary alicyclic amines) is 1. The van der Waals surface area contributed by atoms with Gasteiger partial charge in [0.1, 0.15) is 17.6 Å². The van der Waals surface area contributed by atoms with Crippen LogP contribution in [0.2, 0.25) is 0 Å². The smallest absolute Gasteiger partial charge is 0.310 e. The monoisotopic (exact) mass is 450 g/mol. The molecule has 0 aromatic carbocycles. The van der Waals surface area contributed by atoms with Crippen molar-refractivity contribution in [2.24, 2.45) is 17.8 Å². The number of carboxylic acids is 1. The molecule has 3 rings (SSSR count). The van der Waals surface area contributed by atoms with Gasteiger partial charge in [-0.3, -0.25) is 14.4 Å². The van der Waals surface area contributed by atoms with Crippen molar-refractivity contribution in [3.8, 4) is 0 Å². The zero-order chi connectivity index (χ0) is 23.7. The first kappa shape index (κ1) is 24.7. The molecule has 6 atom stereocenters. The summed E-state index contributed by atoms with van der Waals surface area (Å²) < 4.78 is 6.49. The van der Waals surface area contributed by atoms with Crippen LogP contribution in [0.25, 0.3) is 0 Å². The topological polar surface area (TPSA) is 107 Å². The predicted octanol–water partition coefficient (Wildman–Crippen LogP) is 2.06. The number of amides is 2. The van der Waals surface area contributed by atoms with Gasteiger partial charge in [0.15, 0.2) is 0 Å². The number of unbranched alkanes of at least 4 members (excludes halogenated alkanes) is 3. The van der Waals surface area contributed by atoms with E-state index in [0.717, 1.165) is 19.3 Å². The first-order valence-corrected chi connectivity index (χ1v) is 11.9. The maximum absolute atomic E-state index is 13.9. The van der Waals surface area contributed by atoms with Gasteiger partial charge in [-0.05, 0) is 38.5 Å². The minimum atomic E-state index is -1.13. The largest absolute Gasteiger partial charge is 0.481 e. The molecule has 8 nitrogen and oxygen atoms in total. The minimum absolute atomic E-state index is 0.00181. The number of hydrogen-bond acceptors (Lipinski definition) is 5. The van der Waals surface area contributed by atoms with Crippen molar-refractivity contribution >= 4 is 17.8 Å². The lowest BCUT2D eigenvalue weighted by Gasteiger charge is -2.37. The second kappa shape index (κ2) is 9.51. The zero-order valence-electron chi connectivity index (χ0n) is 19.6. The Kier molecular flexibility index (Phi) is 7.34. The number of aliphatic hydroxyl groups is 1. The lowest BCUT2D eigenvalue weighted by atomic mass is 9.62. The van der Waals surface area contributed by atoms with Gasteiger partial charge in [0, 0.05) is 26.2 Å². The Morgan fingerprint density at radius 3 is 2.62 bits per heavy atom. The Labute approximate surface area is 190 Å². The fourth-order valence-corrected chi connectivity index (χ4v) is 6.20. The van der Waals surface area contributed by atoms with Gasteiger partial charge in [0.05, 0.1) is 11.5 Å². The van der Waals surface area contributed by atoms with Crippen LogP contribution in [0.3, 0.4) is 0 Å². The number of hydrogen-bond donors (Lipinski definition) is 2. The van der Waals surface area contributed by atoms with E-state index in [4.69, 9.17) is 4.74 Å². The Balaban J connectivity index is 2.01. The van der Waals surface area contributed by atoms with Crippen molar-refractivity contribution in [3.63, 3.8) is 0 Å². The maximum atomic E-state index is 13.9. The van der Waals surface area contributed by atoms with E-state index in [1.54, 1.807) is 22.8 Å². The number of carbonyl (C=O) groups excluding carboxylic acids is 2. The Morgan fingerprint density at radius 2 is 2.03 bits per heavy atom. The van der Waals surface area contributed by atoms with E-state index in [1.807, 2.05) is 6.92 Å². The van der Waals surface area contributed by atoms with Gasteiger partial charge in [-0.25, -0.2) is 0 Å². The molecular formula is C24H38N2O6. The maximum Gasteiger partial charge on any atom is 0.310 e. The van der Waals surface area contributed by atoms with E-state index in [9.17, 15) is 24.6 Å². The zero-order valence-corrected chi connectivity index (χ0v) is 19.6. The van der Waals surface area contributed by atoms with Gasteiger partial charge in [0.2, 0.25) is 11.8 Å². The average molecular weight is 451 g/mol. The summed E-state index contributed by atoms with van der Waals surface area (Å²) in [6, 6.07) is -0.853. The highest BCUT2D eigenvalue weighted by atomic mass is 16.5. The molecule has 0 aliphatic carbocycles. The highest BCUT2D eigenvalue weighted by Gasteiger charge is 2.80. The molecule has 2 amide bonds. The van der Waals surface area contributed by atoms with Crippen LogP contribution >= 0.6 is 0 Å². The van der Waals surface area contributed by atoms with E-state index >= 15 is 0 Å². The number of aliphatic carboxylic acids is 1. The number of carbonyl (C=O) groups is 3. The summed E-state index contributed by atoms with van der Waals surface area (Å²) in [6.07, 6.45) is 6.08. The molecule has 3 aliphatic rings. The number of rotatable bonds is 12. The molecule has 32 heavy (non-hydrogen) atoms. The third-order valence-corrected chi connectivity index (χ3v) is 7.81. The Bertz CT molecular complexity index is 757. The summed E-state index contributed by atoms with van der Waals surface area (Å²) in [4.78, 5) is 43.1. The highest BCUT2D eigenvalue weighted by molar-refractivity contribution is 5.98. The molecule has 0 saturated carbocycles. The van der Waals surface area contributed by atoms with E-state index < -0.39 is 35.0 Å². The van der Waals surface area contributed by atoms with E-state index in [1.165, 1.54) is 0 Å². The third kappa shape index (κ3) is 3.75. The summed E-state index contributed by atoms with van der Waals surface area (Å²) in [5.74, 6) is -3.49. The highest BCUT2D eigenvalue weighted by Crippen LogP contribution is 2.65. The van der Waals surface area contributed by atoms with Crippen LogP contribution in [0.4, 0.5) is 0 Å². The van der Waals surface area contributed by atoms with Crippen molar-refractivity contribution in [1.29, 1.82) is 0 Å². The standard InChI is InChI=1S/C24H38N2O6/c1-5-7-8-12-25(11-6-2)21(29)19-24-15-16(3)23(4,32-24)18(22(30)31)17(24)20(28)26(19)13-9-10-14-27/h6,16-19,27H,2,5,7-15H2,1,3-4H3,(H,30,31)/t16?,17-,18-,19?,23+,24?/m0/s1. The van der Waals surface area contributed by atoms with Gasteiger partial charge in [0.25, 0.3) is 0 Å². The van der Waals surface area contributed by atoms with Crippen molar-refractivity contribution in [1.82, 2.24) is 9.80 Å². The van der Waals surface area contributed by atoms with E-state index in [-0.39, 0.29) is 24.3 Å². The fraction of sp³-hybridized carbons (Fsp3) is 0.792. The SMILES string of the molecule is C=CCN(CCCCC)C(=O)C1N(CCCCO)C(=O)[C@@H]2[C@@H](C(=O)O)[C@]3(C)OC12CC3C. The van der Waals surface area contributed by atoms with Crippen LogP contribution in [0, 0.1) is 17.8 Å². The van der Waals surface area contributed by atoms with Gasteiger partial charge < -0.3 is 24.7 Å². The van der Waals surface area contributed by atoms with Crippen molar-refractivity contribution in [2.75, 3.05) is 26.2 Å². The molecule has 3 heterocycles. The summed E-state index contributed by atoms with van der Waals surface area (Å²) >= 11 is 0. The lowest BCUT2D eigenvalue weighted by Crippen LogP contribution is -2.56. The number of ether oxygens (including phenoxy) is 1. The molecule has 2 N–H and O–H groups in total. The molecule has 3 unspecified atom stereocenters.